The lowest BCUT2D eigenvalue weighted by atomic mass is 9.85. The third-order valence-corrected chi connectivity index (χ3v) is 11.2. The van der Waals surface area contributed by atoms with E-state index in [1.807, 2.05) is 12.2 Å². The minimum Gasteiger partial charge on any atom is -0.462 e. The summed E-state index contributed by atoms with van der Waals surface area (Å²) < 4.78 is 33.4. The Bertz CT molecular complexity index is 1160. The summed E-state index contributed by atoms with van der Waals surface area (Å²) in [7, 11) is -5.13. The second-order valence-electron chi connectivity index (χ2n) is 15.5. The minimum atomic E-state index is -5.13. The number of esters is 2. The topological polar surface area (TPSA) is 210 Å². The molecule has 13 nitrogen and oxygen atoms in total. The summed E-state index contributed by atoms with van der Waals surface area (Å²) in [5, 5.41) is 50.1. The molecule has 14 heteroatoms. The number of hydrogen-bond donors (Lipinski definition) is 6. The second-order valence-corrected chi connectivity index (χ2v) is 16.9. The van der Waals surface area contributed by atoms with Crippen LogP contribution in [0.15, 0.2) is 36.5 Å². The summed E-state index contributed by atoms with van der Waals surface area (Å²) in [5.74, 6) is -1.17. The van der Waals surface area contributed by atoms with Crippen LogP contribution < -0.4 is 0 Å². The van der Waals surface area contributed by atoms with Crippen molar-refractivity contribution in [3.05, 3.63) is 36.5 Å². The number of rotatable bonds is 36. The van der Waals surface area contributed by atoms with E-state index in [0.717, 1.165) is 57.8 Å². The van der Waals surface area contributed by atoms with E-state index in [9.17, 15) is 44.6 Å². The van der Waals surface area contributed by atoms with E-state index in [1.54, 1.807) is 0 Å². The first-order valence-corrected chi connectivity index (χ1v) is 23.8. The summed E-state index contributed by atoms with van der Waals surface area (Å²) in [6.07, 6.45) is 25.0. The van der Waals surface area contributed by atoms with Crippen molar-refractivity contribution in [2.75, 3.05) is 13.2 Å². The van der Waals surface area contributed by atoms with E-state index in [2.05, 4.69) is 38.2 Å². The van der Waals surface area contributed by atoms with E-state index in [4.69, 9.17) is 18.5 Å². The molecule has 6 N–H and O–H groups in total. The summed E-state index contributed by atoms with van der Waals surface area (Å²) in [5.41, 5.74) is 0. The molecule has 6 unspecified atom stereocenters. The number of hydrogen-bond acceptors (Lipinski definition) is 12. The number of allylic oxidation sites excluding steroid dienone is 6. The van der Waals surface area contributed by atoms with Gasteiger partial charge >= 0.3 is 19.8 Å². The molecular formula is C44H79O13P. The van der Waals surface area contributed by atoms with E-state index in [1.165, 1.54) is 77.0 Å². The fourth-order valence-electron chi connectivity index (χ4n) is 6.56. The molecule has 0 bridgehead atoms. The van der Waals surface area contributed by atoms with Crippen molar-refractivity contribution in [1.82, 2.24) is 0 Å². The molecule has 1 fully saturated rings. The van der Waals surface area contributed by atoms with Gasteiger partial charge in [-0.1, -0.05) is 147 Å². The van der Waals surface area contributed by atoms with Gasteiger partial charge in [0.25, 0.3) is 0 Å². The number of aliphatic hydroxyl groups excluding tert-OH is 5. The number of ether oxygens (including phenoxy) is 2. The summed E-state index contributed by atoms with van der Waals surface area (Å²) in [4.78, 5) is 35.6. The van der Waals surface area contributed by atoms with Crippen LogP contribution in [0.4, 0.5) is 0 Å². The van der Waals surface area contributed by atoms with Crippen LogP contribution in [-0.4, -0.2) is 98.3 Å². The third kappa shape index (κ3) is 27.0. The molecule has 0 aliphatic heterocycles. The highest BCUT2D eigenvalue weighted by atomic mass is 31.2. The monoisotopic (exact) mass is 847 g/mol. The van der Waals surface area contributed by atoms with Crippen molar-refractivity contribution in [3.8, 4) is 0 Å². The van der Waals surface area contributed by atoms with Crippen LogP contribution in [0.5, 0.6) is 0 Å². The van der Waals surface area contributed by atoms with E-state index in [0.29, 0.717) is 12.8 Å². The number of carbonyl (C=O) groups excluding carboxylic acids is 2. The third-order valence-electron chi connectivity index (χ3n) is 10.2. The van der Waals surface area contributed by atoms with Crippen LogP contribution >= 0.6 is 7.82 Å². The normalized spacial score (nSPS) is 22.8. The standard InChI is InChI=1S/C44H79O13P/c1-3-5-7-9-11-13-15-17-19-21-23-25-27-29-31-33-38(46)56-36(35-55-58(52,53)57-44-42(50)40(48)39(47)41(49)43(44)51)34-54-37(45)32-30-28-26-24-22-20-18-16-14-12-10-8-6-4-2/h10,12,16,18,27,29,36,39-44,47-51H,3-9,11,13-15,17,19-26,28,30-35H2,1-2H3,(H,52,53)/b12-10+,18-16+,29-27+/t36-,39?,40+,41?,42?,43?,44?/m1/s1. The molecule has 58 heavy (non-hydrogen) atoms. The van der Waals surface area contributed by atoms with Gasteiger partial charge in [0.2, 0.25) is 0 Å². The molecule has 0 spiro atoms. The van der Waals surface area contributed by atoms with E-state index in [-0.39, 0.29) is 12.8 Å². The van der Waals surface area contributed by atoms with Gasteiger partial charge in [0.1, 0.15) is 43.2 Å². The number of unbranched alkanes of at least 4 members (excludes halogenated alkanes) is 18. The van der Waals surface area contributed by atoms with Gasteiger partial charge < -0.3 is 39.9 Å². The highest BCUT2D eigenvalue weighted by Crippen LogP contribution is 2.47. The maximum atomic E-state index is 12.8. The zero-order valence-corrected chi connectivity index (χ0v) is 36.5. The molecule has 0 heterocycles. The van der Waals surface area contributed by atoms with Gasteiger partial charge in [0.05, 0.1) is 6.61 Å². The molecule has 0 aromatic rings. The molecule has 0 aromatic carbocycles. The van der Waals surface area contributed by atoms with E-state index >= 15 is 0 Å². The zero-order chi connectivity index (χ0) is 42.9. The number of aliphatic hydroxyl groups is 5. The van der Waals surface area contributed by atoms with Crippen molar-refractivity contribution in [2.45, 2.75) is 217 Å². The van der Waals surface area contributed by atoms with Gasteiger partial charge in [0, 0.05) is 12.8 Å². The summed E-state index contributed by atoms with van der Waals surface area (Å²) in [6, 6.07) is 0. The van der Waals surface area contributed by atoms with Crippen molar-refractivity contribution in [1.29, 1.82) is 0 Å². The molecule has 0 amide bonds. The minimum absolute atomic E-state index is 0.0109. The Morgan fingerprint density at radius 2 is 0.983 bits per heavy atom. The Labute approximate surface area is 348 Å². The summed E-state index contributed by atoms with van der Waals surface area (Å²) >= 11 is 0. The van der Waals surface area contributed by atoms with Crippen LogP contribution in [0.2, 0.25) is 0 Å². The first-order chi connectivity index (χ1) is 27.9. The molecule has 0 saturated heterocycles. The van der Waals surface area contributed by atoms with Crippen LogP contribution in [-0.2, 0) is 32.7 Å². The lowest BCUT2D eigenvalue weighted by Crippen LogP contribution is -2.64. The Kier molecular flexibility index (Phi) is 32.4. The molecule has 8 atom stereocenters. The lowest BCUT2D eigenvalue weighted by Gasteiger charge is -2.41. The maximum Gasteiger partial charge on any atom is 0.472 e. The Hall–Kier alpha value is -1.93. The first kappa shape index (κ1) is 54.1. The van der Waals surface area contributed by atoms with Gasteiger partial charge in [-0.15, -0.1) is 0 Å². The van der Waals surface area contributed by atoms with Gasteiger partial charge in [-0.05, 0) is 51.4 Å². The molecule has 1 aliphatic rings. The molecule has 1 saturated carbocycles. The molecule has 338 valence electrons. The van der Waals surface area contributed by atoms with Gasteiger partial charge in [-0.2, -0.15) is 0 Å². The average Bonchev–Trinajstić information content (AvgIpc) is 3.20. The van der Waals surface area contributed by atoms with Crippen LogP contribution in [0.3, 0.4) is 0 Å². The first-order valence-electron chi connectivity index (χ1n) is 22.3. The Balaban J connectivity index is 2.51. The number of carbonyl (C=O) groups is 2. The Morgan fingerprint density at radius 1 is 0.534 bits per heavy atom. The SMILES string of the molecule is CCCC/C=C/C/C=C/CCCCCCCC(=O)OC[C@H](COP(=O)(O)OC1C(O)C(O)C(O)[C@H](O)C1O)OC(=O)CC/C=C/CCCCCCCCCCCCC. The highest BCUT2D eigenvalue weighted by molar-refractivity contribution is 7.47. The number of phosphoric acid groups is 1. The largest absolute Gasteiger partial charge is 0.472 e. The van der Waals surface area contributed by atoms with Crippen molar-refractivity contribution >= 4 is 19.8 Å². The van der Waals surface area contributed by atoms with Crippen LogP contribution in [0.25, 0.3) is 0 Å². The molecule has 0 radical (unpaired) electrons. The smallest absolute Gasteiger partial charge is 0.462 e. The maximum absolute atomic E-state index is 12.8. The highest BCUT2D eigenvalue weighted by Gasteiger charge is 2.51. The fourth-order valence-corrected chi connectivity index (χ4v) is 7.53. The van der Waals surface area contributed by atoms with Crippen LogP contribution in [0.1, 0.15) is 174 Å². The fraction of sp³-hybridized carbons (Fsp3) is 0.818. The molecule has 1 rings (SSSR count). The molecule has 0 aromatic heterocycles. The van der Waals surface area contributed by atoms with Gasteiger partial charge in [-0.3, -0.25) is 18.6 Å². The van der Waals surface area contributed by atoms with Crippen molar-refractivity contribution in [2.24, 2.45) is 0 Å². The predicted molar refractivity (Wildman–Crippen MR) is 226 cm³/mol. The van der Waals surface area contributed by atoms with Crippen molar-refractivity contribution in [3.63, 3.8) is 0 Å². The van der Waals surface area contributed by atoms with Crippen molar-refractivity contribution < 1.29 is 63.1 Å². The quantitative estimate of drug-likeness (QED) is 0.0152. The predicted octanol–water partition coefficient (Wildman–Crippen LogP) is 8.22. The Morgan fingerprint density at radius 3 is 1.53 bits per heavy atom. The summed E-state index contributed by atoms with van der Waals surface area (Å²) in [6.45, 7) is 3.21. The van der Waals surface area contributed by atoms with E-state index < -0.39 is 75.7 Å². The number of phosphoric ester groups is 1. The molecule has 1 aliphatic carbocycles. The van der Waals surface area contributed by atoms with Crippen LogP contribution in [0, 0.1) is 0 Å². The van der Waals surface area contributed by atoms with Gasteiger partial charge in [-0.25, -0.2) is 4.57 Å². The zero-order valence-electron chi connectivity index (χ0n) is 35.6. The van der Waals surface area contributed by atoms with Gasteiger partial charge in [0.15, 0.2) is 6.10 Å². The second kappa shape index (κ2) is 34.7. The lowest BCUT2D eigenvalue weighted by molar-refractivity contribution is -0.220. The average molecular weight is 847 g/mol. The molecular weight excluding hydrogens is 767 g/mol.